The SMILES string of the molecule is CC(C)(C)OC(=O)NCCC(=O)Nc1ccccc1NC(=O)c1ccc(Cl)c(Cl)c1. The molecule has 0 radical (unpaired) electrons. The highest BCUT2D eigenvalue weighted by Gasteiger charge is 2.16. The van der Waals surface area contributed by atoms with Crippen LogP contribution in [0.5, 0.6) is 0 Å². The van der Waals surface area contributed by atoms with E-state index in [0.717, 1.165) is 0 Å². The number of para-hydroxylation sites is 2. The van der Waals surface area contributed by atoms with Crippen molar-refractivity contribution in [3.8, 4) is 0 Å². The number of amides is 3. The summed E-state index contributed by atoms with van der Waals surface area (Å²) in [5.74, 6) is -0.732. The Morgan fingerprint density at radius 2 is 1.57 bits per heavy atom. The van der Waals surface area contributed by atoms with E-state index in [9.17, 15) is 14.4 Å². The van der Waals surface area contributed by atoms with Crippen molar-refractivity contribution in [2.45, 2.75) is 32.8 Å². The fourth-order valence-corrected chi connectivity index (χ4v) is 2.64. The average Bonchev–Trinajstić information content (AvgIpc) is 2.64. The van der Waals surface area contributed by atoms with Crippen molar-refractivity contribution in [3.05, 3.63) is 58.1 Å². The van der Waals surface area contributed by atoms with E-state index < -0.39 is 17.6 Å². The number of benzene rings is 2. The van der Waals surface area contributed by atoms with E-state index in [0.29, 0.717) is 22.0 Å². The minimum absolute atomic E-state index is 0.0360. The van der Waals surface area contributed by atoms with Gasteiger partial charge in [-0.2, -0.15) is 0 Å². The number of ether oxygens (including phenoxy) is 1. The number of rotatable bonds is 6. The van der Waals surface area contributed by atoms with E-state index in [1.54, 1.807) is 51.1 Å². The molecule has 0 aromatic heterocycles. The minimum Gasteiger partial charge on any atom is -0.444 e. The van der Waals surface area contributed by atoms with Gasteiger partial charge in [0.15, 0.2) is 0 Å². The fourth-order valence-electron chi connectivity index (χ4n) is 2.34. The van der Waals surface area contributed by atoms with Crippen LogP contribution in [0.2, 0.25) is 10.0 Å². The third-order valence-electron chi connectivity index (χ3n) is 3.65. The summed E-state index contributed by atoms with van der Waals surface area (Å²) in [6.45, 7) is 5.37. The number of anilines is 2. The molecule has 9 heteroatoms. The van der Waals surface area contributed by atoms with E-state index in [2.05, 4.69) is 16.0 Å². The van der Waals surface area contributed by atoms with Crippen LogP contribution in [0.1, 0.15) is 37.6 Å². The zero-order chi connectivity index (χ0) is 22.3. The summed E-state index contributed by atoms with van der Waals surface area (Å²) in [7, 11) is 0. The Balaban J connectivity index is 1.94. The molecule has 0 saturated heterocycles. The molecule has 160 valence electrons. The van der Waals surface area contributed by atoms with Crippen molar-refractivity contribution in [1.82, 2.24) is 5.32 Å². The molecule has 0 unspecified atom stereocenters. The van der Waals surface area contributed by atoms with Crippen LogP contribution >= 0.6 is 23.2 Å². The summed E-state index contributed by atoms with van der Waals surface area (Å²) in [5.41, 5.74) is 0.555. The molecule has 0 heterocycles. The third-order valence-corrected chi connectivity index (χ3v) is 4.39. The summed E-state index contributed by atoms with van der Waals surface area (Å²) >= 11 is 11.8. The molecule has 2 aromatic rings. The molecule has 0 aliphatic heterocycles. The van der Waals surface area contributed by atoms with Gasteiger partial charge in [0.25, 0.3) is 5.91 Å². The Morgan fingerprint density at radius 1 is 0.933 bits per heavy atom. The summed E-state index contributed by atoms with van der Waals surface area (Å²) in [6, 6.07) is 11.3. The van der Waals surface area contributed by atoms with E-state index >= 15 is 0 Å². The summed E-state index contributed by atoms with van der Waals surface area (Å²) in [4.78, 5) is 36.3. The first kappa shape index (κ1) is 23.5. The van der Waals surface area contributed by atoms with Crippen molar-refractivity contribution in [1.29, 1.82) is 0 Å². The summed E-state index contributed by atoms with van der Waals surface area (Å²) < 4.78 is 5.11. The number of carbonyl (C=O) groups excluding carboxylic acids is 3. The second kappa shape index (κ2) is 10.3. The van der Waals surface area contributed by atoms with E-state index in [1.165, 1.54) is 12.1 Å². The van der Waals surface area contributed by atoms with Crippen LogP contribution in [0.15, 0.2) is 42.5 Å². The molecule has 2 aromatic carbocycles. The molecule has 0 spiro atoms. The van der Waals surface area contributed by atoms with Crippen LogP contribution in [-0.4, -0.2) is 30.1 Å². The van der Waals surface area contributed by atoms with Gasteiger partial charge in [-0.15, -0.1) is 0 Å². The Bertz CT molecular complexity index is 942. The lowest BCUT2D eigenvalue weighted by Gasteiger charge is -2.19. The van der Waals surface area contributed by atoms with Crippen molar-refractivity contribution in [2.75, 3.05) is 17.2 Å². The summed E-state index contributed by atoms with van der Waals surface area (Å²) in [6.07, 6.45) is -0.557. The normalized spacial score (nSPS) is 10.8. The smallest absolute Gasteiger partial charge is 0.407 e. The van der Waals surface area contributed by atoms with Crippen molar-refractivity contribution >= 4 is 52.5 Å². The topological polar surface area (TPSA) is 96.5 Å². The maximum atomic E-state index is 12.5. The zero-order valence-electron chi connectivity index (χ0n) is 16.8. The number of hydrogen-bond donors (Lipinski definition) is 3. The van der Waals surface area contributed by atoms with Gasteiger partial charge < -0.3 is 20.7 Å². The highest BCUT2D eigenvalue weighted by atomic mass is 35.5. The number of hydrogen-bond acceptors (Lipinski definition) is 4. The lowest BCUT2D eigenvalue weighted by molar-refractivity contribution is -0.116. The van der Waals surface area contributed by atoms with Gasteiger partial charge >= 0.3 is 6.09 Å². The van der Waals surface area contributed by atoms with E-state index in [4.69, 9.17) is 27.9 Å². The lowest BCUT2D eigenvalue weighted by Crippen LogP contribution is -2.34. The predicted octanol–water partition coefficient (Wildman–Crippen LogP) is 5.10. The largest absolute Gasteiger partial charge is 0.444 e. The second-order valence-corrected chi connectivity index (χ2v) is 8.17. The predicted molar refractivity (Wildman–Crippen MR) is 118 cm³/mol. The molecule has 3 N–H and O–H groups in total. The molecule has 0 fully saturated rings. The maximum absolute atomic E-state index is 12.5. The first-order chi connectivity index (χ1) is 14.0. The molecular weight excluding hydrogens is 429 g/mol. The molecule has 0 saturated carbocycles. The average molecular weight is 452 g/mol. The van der Waals surface area contributed by atoms with E-state index in [1.807, 2.05) is 0 Å². The lowest BCUT2D eigenvalue weighted by atomic mass is 10.2. The van der Waals surface area contributed by atoms with Crippen molar-refractivity contribution in [3.63, 3.8) is 0 Å². The van der Waals surface area contributed by atoms with Crippen LogP contribution in [0.25, 0.3) is 0 Å². The fraction of sp³-hybridized carbons (Fsp3) is 0.286. The monoisotopic (exact) mass is 451 g/mol. The van der Waals surface area contributed by atoms with Crippen LogP contribution in [0.3, 0.4) is 0 Å². The molecule has 0 atom stereocenters. The highest BCUT2D eigenvalue weighted by Crippen LogP contribution is 2.25. The standard InChI is InChI=1S/C21H23Cl2N3O4/c1-21(2,3)30-20(29)24-11-10-18(27)25-16-6-4-5-7-17(16)26-19(28)13-8-9-14(22)15(23)12-13/h4-9,12H,10-11H2,1-3H3,(H,24,29)(H,25,27)(H,26,28). The van der Waals surface area contributed by atoms with Gasteiger partial charge in [0.2, 0.25) is 5.91 Å². The minimum atomic E-state index is -0.613. The second-order valence-electron chi connectivity index (χ2n) is 7.36. The Morgan fingerprint density at radius 3 is 2.17 bits per heavy atom. The highest BCUT2D eigenvalue weighted by molar-refractivity contribution is 6.42. The molecule has 0 aliphatic carbocycles. The van der Waals surface area contributed by atoms with Crippen molar-refractivity contribution in [2.24, 2.45) is 0 Å². The van der Waals surface area contributed by atoms with Crippen LogP contribution in [0.4, 0.5) is 16.2 Å². The number of halogens is 2. The van der Waals surface area contributed by atoms with E-state index in [-0.39, 0.29) is 23.9 Å². The Labute approximate surface area is 185 Å². The molecule has 0 aliphatic rings. The van der Waals surface area contributed by atoms with Gasteiger partial charge in [-0.05, 0) is 51.1 Å². The molecule has 3 amide bonds. The number of carbonyl (C=O) groups is 3. The van der Waals surface area contributed by atoms with Gasteiger partial charge in [-0.25, -0.2) is 4.79 Å². The van der Waals surface area contributed by atoms with Crippen LogP contribution in [0, 0.1) is 0 Å². The first-order valence-electron chi connectivity index (χ1n) is 9.17. The number of nitrogens with one attached hydrogen (secondary N) is 3. The van der Waals surface area contributed by atoms with Crippen molar-refractivity contribution < 1.29 is 19.1 Å². The summed E-state index contributed by atoms with van der Waals surface area (Å²) in [5, 5.41) is 8.58. The van der Waals surface area contributed by atoms with Crippen LogP contribution in [-0.2, 0) is 9.53 Å². The Kier molecular flexibility index (Phi) is 8.08. The van der Waals surface area contributed by atoms with Crippen LogP contribution < -0.4 is 16.0 Å². The van der Waals surface area contributed by atoms with Gasteiger partial charge in [0.1, 0.15) is 5.60 Å². The first-order valence-corrected chi connectivity index (χ1v) is 9.93. The molecule has 2 rings (SSSR count). The zero-order valence-corrected chi connectivity index (χ0v) is 18.4. The number of alkyl carbamates (subject to hydrolysis) is 1. The van der Waals surface area contributed by atoms with Gasteiger partial charge in [-0.1, -0.05) is 35.3 Å². The quantitative estimate of drug-likeness (QED) is 0.568. The van der Waals surface area contributed by atoms with Gasteiger partial charge in [0.05, 0.1) is 21.4 Å². The molecule has 7 nitrogen and oxygen atoms in total. The Hall–Kier alpha value is -2.77. The van der Waals surface area contributed by atoms with Gasteiger partial charge in [0, 0.05) is 18.5 Å². The van der Waals surface area contributed by atoms with Gasteiger partial charge in [-0.3, -0.25) is 9.59 Å². The third kappa shape index (κ3) is 7.57. The maximum Gasteiger partial charge on any atom is 0.407 e. The molecule has 0 bridgehead atoms. The molecule has 30 heavy (non-hydrogen) atoms. The molecular formula is C21H23Cl2N3O4.